The van der Waals surface area contributed by atoms with Crippen LogP contribution in [0, 0.1) is 0 Å². The third-order valence-corrected chi connectivity index (χ3v) is 1.94. The van der Waals surface area contributed by atoms with Gasteiger partial charge in [0.2, 0.25) is 0 Å². The molecular weight excluding hydrogens is 202 g/mol. The van der Waals surface area contributed by atoms with Gasteiger partial charge < -0.3 is 0 Å². The Morgan fingerprint density at radius 3 is 2.86 bits per heavy atom. The van der Waals surface area contributed by atoms with Gasteiger partial charge in [0.1, 0.15) is 0 Å². The summed E-state index contributed by atoms with van der Waals surface area (Å²) in [6.07, 6.45) is 6.77. The number of hydrogen-bond donors (Lipinski definition) is 0. The average Bonchev–Trinajstić information content (AvgIpc) is 2.67. The third kappa shape index (κ3) is 2.05. The van der Waals surface area contributed by atoms with Crippen molar-refractivity contribution >= 4 is 11.6 Å². The van der Waals surface area contributed by atoms with Crippen molar-refractivity contribution in [3.8, 4) is 0 Å². The number of rotatable bonds is 3. The van der Waals surface area contributed by atoms with Crippen molar-refractivity contribution < 1.29 is 0 Å². The predicted octanol–water partition coefficient (Wildman–Crippen LogP) is 0.855. The maximum atomic E-state index is 5.60. The average molecular weight is 210 g/mol. The summed E-state index contributed by atoms with van der Waals surface area (Å²) in [4.78, 5) is 8.08. The molecule has 0 unspecified atom stereocenters. The Labute approximate surface area is 85.8 Å². The lowest BCUT2D eigenvalue weighted by Gasteiger charge is -1.97. The van der Waals surface area contributed by atoms with E-state index < -0.39 is 0 Å². The van der Waals surface area contributed by atoms with E-state index in [1.165, 1.54) is 0 Å². The molecule has 0 saturated heterocycles. The minimum Gasteiger partial charge on any atom is -0.261 e. The molecular formula is C8H8ClN5. The van der Waals surface area contributed by atoms with Crippen molar-refractivity contribution in [3.05, 3.63) is 36.2 Å². The molecule has 72 valence electrons. The van der Waals surface area contributed by atoms with Crippen molar-refractivity contribution in [2.45, 2.75) is 12.4 Å². The van der Waals surface area contributed by atoms with Crippen LogP contribution in [0.4, 0.5) is 0 Å². The van der Waals surface area contributed by atoms with Crippen LogP contribution >= 0.6 is 11.6 Å². The smallest absolute Gasteiger partial charge is 0.0974 e. The van der Waals surface area contributed by atoms with E-state index in [2.05, 4.69) is 20.3 Å². The highest BCUT2D eigenvalue weighted by Gasteiger charge is 2.00. The van der Waals surface area contributed by atoms with Gasteiger partial charge in [-0.25, -0.2) is 4.68 Å². The first-order chi connectivity index (χ1) is 6.88. The lowest BCUT2D eigenvalue weighted by molar-refractivity contribution is 0.636. The van der Waals surface area contributed by atoms with Crippen LogP contribution in [0.1, 0.15) is 11.4 Å². The summed E-state index contributed by atoms with van der Waals surface area (Å²) in [5, 5.41) is 7.76. The van der Waals surface area contributed by atoms with Gasteiger partial charge in [-0.3, -0.25) is 9.97 Å². The molecule has 0 aliphatic rings. The summed E-state index contributed by atoms with van der Waals surface area (Å²) in [6.45, 7) is 0.567. The Morgan fingerprint density at radius 2 is 2.21 bits per heavy atom. The van der Waals surface area contributed by atoms with Crippen LogP contribution < -0.4 is 0 Å². The second kappa shape index (κ2) is 4.15. The summed E-state index contributed by atoms with van der Waals surface area (Å²) < 4.78 is 1.68. The molecule has 0 amide bonds. The van der Waals surface area contributed by atoms with Crippen molar-refractivity contribution in [2.24, 2.45) is 0 Å². The monoisotopic (exact) mass is 209 g/mol. The molecule has 0 fully saturated rings. The van der Waals surface area contributed by atoms with E-state index in [0.717, 1.165) is 11.4 Å². The molecule has 0 aliphatic carbocycles. The maximum Gasteiger partial charge on any atom is 0.0974 e. The van der Waals surface area contributed by atoms with Crippen molar-refractivity contribution in [2.75, 3.05) is 0 Å². The van der Waals surface area contributed by atoms with Gasteiger partial charge >= 0.3 is 0 Å². The molecule has 0 aliphatic heterocycles. The molecule has 2 aromatic rings. The number of nitrogens with zero attached hydrogens (tertiary/aromatic N) is 5. The van der Waals surface area contributed by atoms with Crippen LogP contribution in [0.25, 0.3) is 0 Å². The molecule has 0 spiro atoms. The zero-order valence-electron chi connectivity index (χ0n) is 7.34. The van der Waals surface area contributed by atoms with Gasteiger partial charge in [0.25, 0.3) is 0 Å². The largest absolute Gasteiger partial charge is 0.261 e. The highest BCUT2D eigenvalue weighted by atomic mass is 35.5. The Bertz CT molecular complexity index is 399. The highest BCUT2D eigenvalue weighted by Crippen LogP contribution is 1.99. The lowest BCUT2D eigenvalue weighted by atomic mass is 10.4. The van der Waals surface area contributed by atoms with Gasteiger partial charge in [0.15, 0.2) is 0 Å². The minimum absolute atomic E-state index is 0.375. The standard InChI is InChI=1S/C8H8ClN5/c9-3-7-5-14(13-12-7)6-8-4-10-1-2-11-8/h1-2,4-5H,3,6H2. The summed E-state index contributed by atoms with van der Waals surface area (Å²) in [6, 6.07) is 0. The van der Waals surface area contributed by atoms with Crippen molar-refractivity contribution in [3.63, 3.8) is 0 Å². The molecule has 0 atom stereocenters. The molecule has 6 heteroatoms. The SMILES string of the molecule is ClCc1cn(Cc2cnccn2)nn1. The van der Waals surface area contributed by atoms with E-state index in [-0.39, 0.29) is 0 Å². The quantitative estimate of drug-likeness (QED) is 0.704. The van der Waals surface area contributed by atoms with E-state index in [1.807, 2.05) is 0 Å². The third-order valence-electron chi connectivity index (χ3n) is 1.66. The number of hydrogen-bond acceptors (Lipinski definition) is 4. The van der Waals surface area contributed by atoms with Crippen molar-refractivity contribution in [1.29, 1.82) is 0 Å². The predicted molar refractivity (Wildman–Crippen MR) is 50.7 cm³/mol. The van der Waals surface area contributed by atoms with Crippen LogP contribution in [0.3, 0.4) is 0 Å². The van der Waals surface area contributed by atoms with Gasteiger partial charge in [0.05, 0.1) is 36.2 Å². The van der Waals surface area contributed by atoms with Gasteiger partial charge in [0, 0.05) is 12.4 Å². The highest BCUT2D eigenvalue weighted by molar-refractivity contribution is 6.16. The molecule has 2 heterocycles. The first kappa shape index (κ1) is 9.08. The van der Waals surface area contributed by atoms with Crippen LogP contribution in [-0.4, -0.2) is 25.0 Å². The number of alkyl halides is 1. The number of halogens is 1. The van der Waals surface area contributed by atoms with Gasteiger partial charge in [-0.15, -0.1) is 16.7 Å². The molecule has 0 N–H and O–H groups in total. The second-order valence-electron chi connectivity index (χ2n) is 2.74. The first-order valence-corrected chi connectivity index (χ1v) is 4.62. The minimum atomic E-state index is 0.375. The molecule has 5 nitrogen and oxygen atoms in total. The normalized spacial score (nSPS) is 10.4. The molecule has 14 heavy (non-hydrogen) atoms. The van der Waals surface area contributed by atoms with Gasteiger partial charge in [-0.2, -0.15) is 0 Å². The zero-order valence-corrected chi connectivity index (χ0v) is 8.09. The van der Waals surface area contributed by atoms with Crippen LogP contribution in [0.15, 0.2) is 24.8 Å². The summed E-state index contributed by atoms with van der Waals surface area (Å²) in [7, 11) is 0. The van der Waals surface area contributed by atoms with Crippen molar-refractivity contribution in [1.82, 2.24) is 25.0 Å². The van der Waals surface area contributed by atoms with Crippen LogP contribution in [0.2, 0.25) is 0 Å². The fraction of sp³-hybridized carbons (Fsp3) is 0.250. The van der Waals surface area contributed by atoms with Crippen LogP contribution in [0.5, 0.6) is 0 Å². The Kier molecular flexibility index (Phi) is 2.69. The Balaban J connectivity index is 2.11. The maximum absolute atomic E-state index is 5.60. The van der Waals surface area contributed by atoms with E-state index in [0.29, 0.717) is 12.4 Å². The molecule has 2 rings (SSSR count). The number of aromatic nitrogens is 5. The summed E-state index contributed by atoms with van der Waals surface area (Å²) in [5.74, 6) is 0.375. The zero-order chi connectivity index (χ0) is 9.80. The molecule has 0 bridgehead atoms. The molecule has 2 aromatic heterocycles. The van der Waals surface area contributed by atoms with E-state index >= 15 is 0 Å². The van der Waals surface area contributed by atoms with E-state index in [1.54, 1.807) is 29.5 Å². The lowest BCUT2D eigenvalue weighted by Crippen LogP contribution is -2.02. The van der Waals surface area contributed by atoms with E-state index in [9.17, 15) is 0 Å². The van der Waals surface area contributed by atoms with Gasteiger partial charge in [-0.1, -0.05) is 5.21 Å². The Morgan fingerprint density at radius 1 is 1.29 bits per heavy atom. The van der Waals surface area contributed by atoms with Crippen LogP contribution in [-0.2, 0) is 12.4 Å². The van der Waals surface area contributed by atoms with E-state index in [4.69, 9.17) is 11.6 Å². The second-order valence-corrected chi connectivity index (χ2v) is 3.01. The summed E-state index contributed by atoms with van der Waals surface area (Å²) >= 11 is 5.60. The molecule has 0 saturated carbocycles. The summed E-state index contributed by atoms with van der Waals surface area (Å²) in [5.41, 5.74) is 1.61. The molecule has 0 aromatic carbocycles. The first-order valence-electron chi connectivity index (χ1n) is 4.08. The fourth-order valence-corrected chi connectivity index (χ4v) is 1.18. The topological polar surface area (TPSA) is 56.5 Å². The molecule has 0 radical (unpaired) electrons. The fourth-order valence-electron chi connectivity index (χ4n) is 1.05. The Hall–Kier alpha value is -1.49. The van der Waals surface area contributed by atoms with Gasteiger partial charge in [-0.05, 0) is 0 Å².